The normalized spacial score (nSPS) is 9.75. The Morgan fingerprint density at radius 2 is 1.44 bits per heavy atom. The Hall–Kier alpha value is -2.09. The summed E-state index contributed by atoms with van der Waals surface area (Å²) in [5.41, 5.74) is 1.69. The van der Waals surface area contributed by atoms with Crippen LogP contribution in [0.5, 0.6) is 0 Å². The number of carbonyl (C=O) groups excluding carboxylic acids is 1. The van der Waals surface area contributed by atoms with Crippen molar-refractivity contribution in [2.45, 2.75) is 6.54 Å². The van der Waals surface area contributed by atoms with E-state index in [0.29, 0.717) is 12.1 Å². The van der Waals surface area contributed by atoms with Gasteiger partial charge in [0, 0.05) is 5.56 Å². The standard InChI is InChI=1S/C14H12NO/c16-14(13-9-5-2-6-10-13)15-11-12-7-3-1-4-8-12/h1-10H,11H2. The number of benzene rings is 2. The van der Waals surface area contributed by atoms with E-state index < -0.39 is 0 Å². The number of rotatable bonds is 3. The van der Waals surface area contributed by atoms with Crippen molar-refractivity contribution in [1.29, 1.82) is 0 Å². The van der Waals surface area contributed by atoms with Crippen LogP contribution < -0.4 is 5.32 Å². The molecule has 0 aliphatic rings. The molecule has 0 atom stereocenters. The van der Waals surface area contributed by atoms with Crippen LogP contribution in [-0.4, -0.2) is 5.91 Å². The molecule has 0 saturated carbocycles. The average molecular weight is 210 g/mol. The molecule has 2 rings (SSSR count). The van der Waals surface area contributed by atoms with Gasteiger partial charge < -0.3 is 0 Å². The molecular formula is C14H12NO. The smallest absolute Gasteiger partial charge is 0.267 e. The zero-order valence-corrected chi connectivity index (χ0v) is 8.84. The van der Waals surface area contributed by atoms with E-state index in [0.717, 1.165) is 5.56 Å². The van der Waals surface area contributed by atoms with Gasteiger partial charge in [0.05, 0.1) is 6.54 Å². The highest BCUT2D eigenvalue weighted by Gasteiger charge is 2.05. The predicted molar refractivity (Wildman–Crippen MR) is 63.1 cm³/mol. The molecule has 0 bridgehead atoms. The van der Waals surface area contributed by atoms with Crippen molar-refractivity contribution in [2.24, 2.45) is 0 Å². The van der Waals surface area contributed by atoms with Crippen LogP contribution in [0, 0.1) is 0 Å². The molecule has 1 amide bonds. The van der Waals surface area contributed by atoms with Gasteiger partial charge in [-0.1, -0.05) is 48.5 Å². The Bertz CT molecular complexity index is 451. The van der Waals surface area contributed by atoms with Crippen molar-refractivity contribution >= 4 is 5.91 Å². The Balaban J connectivity index is 1.95. The Kier molecular flexibility index (Phi) is 3.34. The zero-order chi connectivity index (χ0) is 11.2. The number of hydrogen-bond donors (Lipinski definition) is 0. The first-order valence-corrected chi connectivity index (χ1v) is 5.17. The quantitative estimate of drug-likeness (QED) is 0.766. The number of nitrogens with zero attached hydrogens (tertiary/aromatic N) is 1. The summed E-state index contributed by atoms with van der Waals surface area (Å²) in [6.07, 6.45) is 0. The molecule has 2 heteroatoms. The van der Waals surface area contributed by atoms with Gasteiger partial charge in [-0.25, -0.2) is 5.32 Å². The lowest BCUT2D eigenvalue weighted by Crippen LogP contribution is -2.15. The van der Waals surface area contributed by atoms with Gasteiger partial charge in [-0.3, -0.25) is 4.79 Å². The van der Waals surface area contributed by atoms with E-state index in [-0.39, 0.29) is 5.91 Å². The summed E-state index contributed by atoms with van der Waals surface area (Å²) in [5.74, 6) is -0.163. The lowest BCUT2D eigenvalue weighted by Gasteiger charge is -2.01. The fourth-order valence-electron chi connectivity index (χ4n) is 1.42. The second kappa shape index (κ2) is 5.12. The second-order valence-electron chi connectivity index (χ2n) is 3.47. The third-order valence-electron chi connectivity index (χ3n) is 2.27. The highest BCUT2D eigenvalue weighted by molar-refractivity contribution is 5.93. The summed E-state index contributed by atoms with van der Waals surface area (Å²) < 4.78 is 0. The van der Waals surface area contributed by atoms with Crippen molar-refractivity contribution in [3.05, 3.63) is 71.8 Å². The van der Waals surface area contributed by atoms with E-state index in [1.165, 1.54) is 0 Å². The van der Waals surface area contributed by atoms with Crippen LogP contribution in [0.1, 0.15) is 15.9 Å². The van der Waals surface area contributed by atoms with Gasteiger partial charge >= 0.3 is 0 Å². The molecular weight excluding hydrogens is 198 g/mol. The van der Waals surface area contributed by atoms with Crippen LogP contribution in [0.2, 0.25) is 0 Å². The van der Waals surface area contributed by atoms with Crippen molar-refractivity contribution < 1.29 is 4.79 Å². The van der Waals surface area contributed by atoms with Crippen LogP contribution >= 0.6 is 0 Å². The lowest BCUT2D eigenvalue weighted by atomic mass is 10.2. The fraction of sp³-hybridized carbons (Fsp3) is 0.0714. The van der Waals surface area contributed by atoms with Crippen LogP contribution in [-0.2, 0) is 6.54 Å². The number of carbonyl (C=O) groups is 1. The van der Waals surface area contributed by atoms with Crippen LogP contribution in [0.3, 0.4) is 0 Å². The minimum atomic E-state index is -0.163. The van der Waals surface area contributed by atoms with Crippen molar-refractivity contribution in [3.8, 4) is 0 Å². The van der Waals surface area contributed by atoms with Gasteiger partial charge in [-0.2, -0.15) is 0 Å². The Labute approximate surface area is 94.9 Å². The van der Waals surface area contributed by atoms with Gasteiger partial charge in [-0.05, 0) is 17.7 Å². The molecule has 0 fully saturated rings. The summed E-state index contributed by atoms with van der Waals surface area (Å²) in [4.78, 5) is 11.7. The van der Waals surface area contributed by atoms with Gasteiger partial charge in [-0.15, -0.1) is 0 Å². The van der Waals surface area contributed by atoms with E-state index in [4.69, 9.17) is 0 Å². The maximum absolute atomic E-state index is 11.7. The lowest BCUT2D eigenvalue weighted by molar-refractivity contribution is 0.0946. The molecule has 0 heterocycles. The van der Waals surface area contributed by atoms with Crippen molar-refractivity contribution in [1.82, 2.24) is 5.32 Å². The molecule has 0 aliphatic carbocycles. The second-order valence-corrected chi connectivity index (χ2v) is 3.47. The molecule has 0 saturated heterocycles. The van der Waals surface area contributed by atoms with E-state index in [2.05, 4.69) is 5.32 Å². The largest absolute Gasteiger partial charge is 0.272 e. The Morgan fingerprint density at radius 3 is 2.06 bits per heavy atom. The molecule has 0 spiro atoms. The first-order chi connectivity index (χ1) is 7.86. The third kappa shape index (κ3) is 2.70. The highest BCUT2D eigenvalue weighted by atomic mass is 16.1. The topological polar surface area (TPSA) is 31.2 Å². The molecule has 0 aliphatic heterocycles. The maximum Gasteiger partial charge on any atom is 0.272 e. The van der Waals surface area contributed by atoms with E-state index in [9.17, 15) is 4.79 Å². The van der Waals surface area contributed by atoms with Crippen LogP contribution in [0.4, 0.5) is 0 Å². The Morgan fingerprint density at radius 1 is 0.875 bits per heavy atom. The summed E-state index contributed by atoms with van der Waals surface area (Å²) in [7, 11) is 0. The summed E-state index contributed by atoms with van der Waals surface area (Å²) >= 11 is 0. The molecule has 2 aromatic rings. The highest BCUT2D eigenvalue weighted by Crippen LogP contribution is 2.02. The molecule has 0 unspecified atom stereocenters. The fourth-order valence-corrected chi connectivity index (χ4v) is 1.42. The molecule has 2 nitrogen and oxygen atoms in total. The summed E-state index contributed by atoms with van der Waals surface area (Å²) in [6.45, 7) is 0.439. The average Bonchev–Trinajstić information content (AvgIpc) is 2.38. The zero-order valence-electron chi connectivity index (χ0n) is 8.84. The molecule has 79 valence electrons. The van der Waals surface area contributed by atoms with Crippen LogP contribution in [0.25, 0.3) is 0 Å². The summed E-state index contributed by atoms with van der Waals surface area (Å²) in [6, 6.07) is 18.9. The van der Waals surface area contributed by atoms with Crippen molar-refractivity contribution in [2.75, 3.05) is 0 Å². The molecule has 0 aromatic heterocycles. The van der Waals surface area contributed by atoms with E-state index in [1.54, 1.807) is 12.1 Å². The first kappa shape index (κ1) is 10.4. The minimum absolute atomic E-state index is 0.163. The van der Waals surface area contributed by atoms with E-state index >= 15 is 0 Å². The number of amides is 1. The minimum Gasteiger partial charge on any atom is -0.267 e. The third-order valence-corrected chi connectivity index (χ3v) is 2.27. The van der Waals surface area contributed by atoms with Gasteiger partial charge in [0.1, 0.15) is 0 Å². The number of hydrogen-bond acceptors (Lipinski definition) is 1. The van der Waals surface area contributed by atoms with E-state index in [1.807, 2.05) is 48.5 Å². The summed E-state index contributed by atoms with van der Waals surface area (Å²) in [5, 5.41) is 4.03. The van der Waals surface area contributed by atoms with Crippen molar-refractivity contribution in [3.63, 3.8) is 0 Å². The van der Waals surface area contributed by atoms with Gasteiger partial charge in [0.15, 0.2) is 0 Å². The van der Waals surface area contributed by atoms with Gasteiger partial charge in [0.25, 0.3) is 5.91 Å². The monoisotopic (exact) mass is 210 g/mol. The van der Waals surface area contributed by atoms with Gasteiger partial charge in [0.2, 0.25) is 0 Å². The SMILES string of the molecule is O=C([N]Cc1ccccc1)c1ccccc1. The molecule has 0 N–H and O–H groups in total. The first-order valence-electron chi connectivity index (χ1n) is 5.17. The maximum atomic E-state index is 11.7. The predicted octanol–water partition coefficient (Wildman–Crippen LogP) is 2.63. The molecule has 2 aromatic carbocycles. The molecule has 1 radical (unpaired) electrons. The van der Waals surface area contributed by atoms with Crippen LogP contribution in [0.15, 0.2) is 60.7 Å². The molecule has 16 heavy (non-hydrogen) atoms.